The zero-order valence-electron chi connectivity index (χ0n) is 17.2. The molecule has 6 heteroatoms. The Hall–Kier alpha value is -2.53. The quantitative estimate of drug-likeness (QED) is 0.477. The number of carbonyl (C=O) groups excluding carboxylic acids is 1. The predicted molar refractivity (Wildman–Crippen MR) is 125 cm³/mol. The maximum atomic E-state index is 12.6. The molecule has 0 saturated carbocycles. The van der Waals surface area contributed by atoms with Gasteiger partial charge in [0, 0.05) is 10.0 Å². The number of carbonyl (C=O) groups is 1. The van der Waals surface area contributed by atoms with Crippen molar-refractivity contribution in [3.05, 3.63) is 106 Å². The number of hydrogen-bond acceptors (Lipinski definition) is 2. The zero-order chi connectivity index (χ0) is 21.8. The molecule has 1 atom stereocenters. The van der Waals surface area contributed by atoms with Gasteiger partial charge in [-0.15, -0.1) is 0 Å². The molecule has 0 unspecified atom stereocenters. The molecule has 160 valence electrons. The number of likely N-dealkylation sites (tertiary alicyclic amines) is 1. The van der Waals surface area contributed by atoms with Gasteiger partial charge in [-0.25, -0.2) is 4.79 Å². The minimum atomic E-state index is -0.256. The Labute approximate surface area is 192 Å². The number of halogens is 2. The topological polar surface area (TPSA) is 41.6 Å². The Kier molecular flexibility index (Phi) is 6.81. The molecule has 1 fully saturated rings. The third kappa shape index (κ3) is 5.40. The summed E-state index contributed by atoms with van der Waals surface area (Å²) in [5.74, 6) is 0. The normalized spacial score (nSPS) is 14.9. The Bertz CT molecular complexity index is 958. The molecule has 1 saturated heterocycles. The fourth-order valence-electron chi connectivity index (χ4n) is 3.61. The second kappa shape index (κ2) is 9.73. The molecule has 1 aliphatic heterocycles. The molecule has 2 amide bonds. The first-order chi connectivity index (χ1) is 15.0. The number of nitrogens with zero attached hydrogens (tertiary/aromatic N) is 1. The molecule has 4 rings (SSSR count). The lowest BCUT2D eigenvalue weighted by atomic mass is 10.0. The van der Waals surface area contributed by atoms with E-state index in [4.69, 9.17) is 27.9 Å². The summed E-state index contributed by atoms with van der Waals surface area (Å²) < 4.78 is 6.40. The summed E-state index contributed by atoms with van der Waals surface area (Å²) in [4.78, 5) is 14.4. The van der Waals surface area contributed by atoms with Crippen molar-refractivity contribution < 1.29 is 9.53 Å². The van der Waals surface area contributed by atoms with E-state index in [1.54, 1.807) is 4.90 Å². The molecule has 31 heavy (non-hydrogen) atoms. The number of benzene rings is 3. The summed E-state index contributed by atoms with van der Waals surface area (Å²) in [5.41, 5.74) is 3.09. The SMILES string of the molecule is C[C@H](NC(=O)N1CC(OC(c2ccc(Cl)cc2)c2ccc(Cl)cc2)C1)c1ccccc1. The first kappa shape index (κ1) is 21.7. The third-order valence-electron chi connectivity index (χ3n) is 5.45. The number of hydrogen-bond donors (Lipinski definition) is 1. The van der Waals surface area contributed by atoms with Gasteiger partial charge in [0.2, 0.25) is 0 Å². The summed E-state index contributed by atoms with van der Waals surface area (Å²) in [6, 6.07) is 25.1. The van der Waals surface area contributed by atoms with Crippen LogP contribution in [0.4, 0.5) is 4.79 Å². The molecular weight excluding hydrogens is 431 g/mol. The van der Waals surface area contributed by atoms with E-state index in [1.165, 1.54) is 0 Å². The molecule has 3 aromatic rings. The summed E-state index contributed by atoms with van der Waals surface area (Å²) in [5, 5.41) is 4.41. The summed E-state index contributed by atoms with van der Waals surface area (Å²) in [6.45, 7) is 3.08. The highest BCUT2D eigenvalue weighted by Crippen LogP contribution is 2.31. The minimum absolute atomic E-state index is 0.0471. The highest BCUT2D eigenvalue weighted by molar-refractivity contribution is 6.30. The maximum absolute atomic E-state index is 12.6. The van der Waals surface area contributed by atoms with Gasteiger partial charge in [-0.3, -0.25) is 0 Å². The number of amides is 2. The Morgan fingerprint density at radius 1 is 0.871 bits per heavy atom. The molecule has 1 heterocycles. The maximum Gasteiger partial charge on any atom is 0.318 e. The number of urea groups is 1. The van der Waals surface area contributed by atoms with Gasteiger partial charge in [0.25, 0.3) is 0 Å². The van der Waals surface area contributed by atoms with Gasteiger partial charge in [-0.2, -0.15) is 0 Å². The first-order valence-electron chi connectivity index (χ1n) is 10.3. The van der Waals surface area contributed by atoms with Crippen LogP contribution in [-0.2, 0) is 4.74 Å². The van der Waals surface area contributed by atoms with E-state index in [-0.39, 0.29) is 24.3 Å². The molecule has 0 aromatic heterocycles. The van der Waals surface area contributed by atoms with Gasteiger partial charge in [-0.1, -0.05) is 77.8 Å². The van der Waals surface area contributed by atoms with Gasteiger partial charge in [0.1, 0.15) is 6.10 Å². The van der Waals surface area contributed by atoms with Crippen molar-refractivity contribution in [2.24, 2.45) is 0 Å². The lowest BCUT2D eigenvalue weighted by Gasteiger charge is -2.41. The van der Waals surface area contributed by atoms with Crippen LogP contribution in [0.1, 0.15) is 35.8 Å². The average molecular weight is 455 g/mol. The number of ether oxygens (including phenoxy) is 1. The minimum Gasteiger partial charge on any atom is -0.362 e. The van der Waals surface area contributed by atoms with Gasteiger partial charge in [-0.05, 0) is 47.9 Å². The molecule has 1 aliphatic rings. The Balaban J connectivity index is 1.38. The van der Waals surface area contributed by atoms with Crippen LogP contribution in [0.2, 0.25) is 10.0 Å². The highest BCUT2D eigenvalue weighted by Gasteiger charge is 2.34. The molecular formula is C25H24Cl2N2O2. The van der Waals surface area contributed by atoms with Crippen LogP contribution in [0.15, 0.2) is 78.9 Å². The largest absolute Gasteiger partial charge is 0.362 e. The summed E-state index contributed by atoms with van der Waals surface area (Å²) in [7, 11) is 0. The van der Waals surface area contributed by atoms with Crippen LogP contribution in [0, 0.1) is 0 Å². The van der Waals surface area contributed by atoms with Crippen molar-refractivity contribution in [2.45, 2.75) is 25.2 Å². The molecule has 0 spiro atoms. The van der Waals surface area contributed by atoms with E-state index in [0.717, 1.165) is 16.7 Å². The molecule has 4 nitrogen and oxygen atoms in total. The van der Waals surface area contributed by atoms with Crippen molar-refractivity contribution >= 4 is 29.2 Å². The smallest absolute Gasteiger partial charge is 0.318 e. The van der Waals surface area contributed by atoms with E-state index >= 15 is 0 Å². The van der Waals surface area contributed by atoms with Crippen LogP contribution >= 0.6 is 23.2 Å². The zero-order valence-corrected chi connectivity index (χ0v) is 18.7. The number of rotatable bonds is 6. The molecule has 3 aromatic carbocycles. The standard InChI is InChI=1S/C25H24Cl2N2O2/c1-17(18-5-3-2-4-6-18)28-25(30)29-15-23(16-29)31-24(19-7-11-21(26)12-8-19)20-9-13-22(27)14-10-20/h2-14,17,23-24H,15-16H2,1H3,(H,28,30)/t17-/m0/s1. The molecule has 0 aliphatic carbocycles. The number of nitrogens with one attached hydrogen (secondary N) is 1. The van der Waals surface area contributed by atoms with Crippen LogP contribution in [0.25, 0.3) is 0 Å². The second-order valence-electron chi connectivity index (χ2n) is 7.73. The van der Waals surface area contributed by atoms with Crippen LogP contribution in [0.5, 0.6) is 0 Å². The van der Waals surface area contributed by atoms with Gasteiger partial charge in [0.15, 0.2) is 0 Å². The molecule has 1 N–H and O–H groups in total. The van der Waals surface area contributed by atoms with E-state index < -0.39 is 0 Å². The lowest BCUT2D eigenvalue weighted by Crippen LogP contribution is -2.58. The van der Waals surface area contributed by atoms with Gasteiger partial charge < -0.3 is 15.0 Å². The fraction of sp³-hybridized carbons (Fsp3) is 0.240. The van der Waals surface area contributed by atoms with E-state index in [0.29, 0.717) is 23.1 Å². The predicted octanol–water partition coefficient (Wildman–Crippen LogP) is 6.25. The Morgan fingerprint density at radius 2 is 1.39 bits per heavy atom. The van der Waals surface area contributed by atoms with Crippen molar-refractivity contribution in [1.82, 2.24) is 10.2 Å². The third-order valence-corrected chi connectivity index (χ3v) is 5.95. The highest BCUT2D eigenvalue weighted by atomic mass is 35.5. The first-order valence-corrected chi connectivity index (χ1v) is 11.0. The molecule has 0 radical (unpaired) electrons. The summed E-state index contributed by atoms with van der Waals surface area (Å²) >= 11 is 12.1. The fourth-order valence-corrected chi connectivity index (χ4v) is 3.86. The van der Waals surface area contributed by atoms with Crippen molar-refractivity contribution in [1.29, 1.82) is 0 Å². The van der Waals surface area contributed by atoms with E-state index in [1.807, 2.05) is 85.8 Å². The van der Waals surface area contributed by atoms with Crippen LogP contribution in [-0.4, -0.2) is 30.1 Å². The summed E-state index contributed by atoms with van der Waals surface area (Å²) in [6.07, 6.45) is -0.304. The van der Waals surface area contributed by atoms with Crippen molar-refractivity contribution in [3.63, 3.8) is 0 Å². The second-order valence-corrected chi connectivity index (χ2v) is 8.60. The van der Waals surface area contributed by atoms with Crippen molar-refractivity contribution in [2.75, 3.05) is 13.1 Å². The van der Waals surface area contributed by atoms with Gasteiger partial charge in [0.05, 0.1) is 25.2 Å². The van der Waals surface area contributed by atoms with E-state index in [2.05, 4.69) is 5.32 Å². The lowest BCUT2D eigenvalue weighted by molar-refractivity contribution is -0.0648. The average Bonchev–Trinajstić information content (AvgIpc) is 2.75. The van der Waals surface area contributed by atoms with Crippen LogP contribution < -0.4 is 5.32 Å². The Morgan fingerprint density at radius 3 is 1.90 bits per heavy atom. The monoisotopic (exact) mass is 454 g/mol. The molecule has 0 bridgehead atoms. The van der Waals surface area contributed by atoms with E-state index in [9.17, 15) is 4.79 Å². The van der Waals surface area contributed by atoms with Crippen LogP contribution in [0.3, 0.4) is 0 Å². The van der Waals surface area contributed by atoms with Crippen molar-refractivity contribution in [3.8, 4) is 0 Å². The van der Waals surface area contributed by atoms with Gasteiger partial charge >= 0.3 is 6.03 Å².